The van der Waals surface area contributed by atoms with E-state index in [1.807, 2.05) is 0 Å². The topological polar surface area (TPSA) is 94.0 Å². The Balaban J connectivity index is 2.04. The summed E-state index contributed by atoms with van der Waals surface area (Å²) in [6.07, 6.45) is 7.89. The average Bonchev–Trinajstić information content (AvgIpc) is 2.46. The second-order valence-corrected chi connectivity index (χ2v) is 5.18. The van der Waals surface area contributed by atoms with Gasteiger partial charge >= 0.3 is 0 Å². The number of pyridine rings is 1. The number of anilines is 1. The SMILES string of the molecule is NCC(Nc1cc(C(N)=O)ccn1)C1CCCCC1. The minimum absolute atomic E-state index is 0.218. The summed E-state index contributed by atoms with van der Waals surface area (Å²) in [5, 5.41) is 3.35. The van der Waals surface area contributed by atoms with E-state index in [2.05, 4.69) is 10.3 Å². The molecule has 0 radical (unpaired) electrons. The normalized spacial score (nSPS) is 17.9. The van der Waals surface area contributed by atoms with Crippen molar-refractivity contribution in [3.8, 4) is 0 Å². The molecule has 0 bridgehead atoms. The van der Waals surface area contributed by atoms with Crippen molar-refractivity contribution < 1.29 is 4.79 Å². The molecule has 5 heteroatoms. The summed E-state index contributed by atoms with van der Waals surface area (Å²) >= 11 is 0. The second kappa shape index (κ2) is 6.52. The van der Waals surface area contributed by atoms with E-state index in [0.29, 0.717) is 23.8 Å². The Morgan fingerprint density at radius 1 is 1.42 bits per heavy atom. The summed E-state index contributed by atoms with van der Waals surface area (Å²) in [4.78, 5) is 15.4. The number of nitrogens with zero attached hydrogens (tertiary/aromatic N) is 1. The summed E-state index contributed by atoms with van der Waals surface area (Å²) in [6, 6.07) is 3.52. The molecule has 1 heterocycles. The van der Waals surface area contributed by atoms with Crippen molar-refractivity contribution in [3.63, 3.8) is 0 Å². The van der Waals surface area contributed by atoms with E-state index >= 15 is 0 Å². The second-order valence-electron chi connectivity index (χ2n) is 5.18. The van der Waals surface area contributed by atoms with Crippen LogP contribution in [-0.4, -0.2) is 23.5 Å². The van der Waals surface area contributed by atoms with Crippen LogP contribution in [0.5, 0.6) is 0 Å². The van der Waals surface area contributed by atoms with E-state index in [9.17, 15) is 4.79 Å². The lowest BCUT2D eigenvalue weighted by Gasteiger charge is -2.30. The highest BCUT2D eigenvalue weighted by atomic mass is 16.1. The van der Waals surface area contributed by atoms with Crippen LogP contribution >= 0.6 is 0 Å². The van der Waals surface area contributed by atoms with Crippen LogP contribution in [-0.2, 0) is 0 Å². The minimum atomic E-state index is -0.438. The Hall–Kier alpha value is -1.62. The van der Waals surface area contributed by atoms with Gasteiger partial charge in [-0.25, -0.2) is 4.98 Å². The van der Waals surface area contributed by atoms with Gasteiger partial charge in [-0.15, -0.1) is 0 Å². The molecule has 0 spiro atoms. The quantitative estimate of drug-likeness (QED) is 0.749. The Morgan fingerprint density at radius 2 is 2.16 bits per heavy atom. The van der Waals surface area contributed by atoms with Gasteiger partial charge in [-0.2, -0.15) is 0 Å². The first-order valence-corrected chi connectivity index (χ1v) is 6.93. The smallest absolute Gasteiger partial charge is 0.248 e. The number of nitrogens with one attached hydrogen (secondary N) is 1. The standard InChI is InChI=1S/C14H22N4O/c15-9-12(10-4-2-1-3-5-10)18-13-8-11(14(16)19)6-7-17-13/h6-8,10,12H,1-5,9,15H2,(H2,16,19)(H,17,18). The van der Waals surface area contributed by atoms with E-state index in [1.165, 1.54) is 32.1 Å². The lowest BCUT2D eigenvalue weighted by atomic mass is 9.84. The molecule has 1 aromatic heterocycles. The number of rotatable bonds is 5. The van der Waals surface area contributed by atoms with Crippen LogP contribution in [0.1, 0.15) is 42.5 Å². The molecular formula is C14H22N4O. The van der Waals surface area contributed by atoms with Crippen molar-refractivity contribution in [2.75, 3.05) is 11.9 Å². The zero-order chi connectivity index (χ0) is 13.7. The van der Waals surface area contributed by atoms with Gasteiger partial charge in [-0.1, -0.05) is 19.3 Å². The van der Waals surface area contributed by atoms with Crippen LogP contribution < -0.4 is 16.8 Å². The van der Waals surface area contributed by atoms with Gasteiger partial charge in [0.1, 0.15) is 5.82 Å². The summed E-state index contributed by atoms with van der Waals surface area (Å²) in [5.41, 5.74) is 11.6. The number of carbonyl (C=O) groups excluding carboxylic acids is 1. The molecule has 1 unspecified atom stereocenters. The average molecular weight is 262 g/mol. The Kier molecular flexibility index (Phi) is 4.74. The molecule has 19 heavy (non-hydrogen) atoms. The highest BCUT2D eigenvalue weighted by Gasteiger charge is 2.22. The highest BCUT2D eigenvalue weighted by Crippen LogP contribution is 2.27. The minimum Gasteiger partial charge on any atom is -0.366 e. The van der Waals surface area contributed by atoms with Gasteiger partial charge in [-0.05, 0) is 30.9 Å². The Bertz CT molecular complexity index is 429. The number of nitrogens with two attached hydrogens (primary N) is 2. The lowest BCUT2D eigenvalue weighted by molar-refractivity contribution is 0.1000. The van der Waals surface area contributed by atoms with Crippen LogP contribution in [0.2, 0.25) is 0 Å². The zero-order valence-corrected chi connectivity index (χ0v) is 11.1. The number of hydrogen-bond donors (Lipinski definition) is 3. The van der Waals surface area contributed by atoms with Gasteiger partial charge in [0.15, 0.2) is 0 Å². The van der Waals surface area contributed by atoms with E-state index in [0.717, 1.165) is 0 Å². The molecule has 1 saturated carbocycles. The predicted molar refractivity (Wildman–Crippen MR) is 75.8 cm³/mol. The molecule has 0 aliphatic heterocycles. The van der Waals surface area contributed by atoms with Gasteiger partial charge in [-0.3, -0.25) is 4.79 Å². The summed E-state index contributed by atoms with van der Waals surface area (Å²) < 4.78 is 0. The number of amides is 1. The Labute approximate surface area is 113 Å². The first-order valence-electron chi connectivity index (χ1n) is 6.93. The number of primary amides is 1. The number of hydrogen-bond acceptors (Lipinski definition) is 4. The predicted octanol–water partition coefficient (Wildman–Crippen LogP) is 1.50. The fourth-order valence-electron chi connectivity index (χ4n) is 2.76. The molecule has 0 aromatic carbocycles. The van der Waals surface area contributed by atoms with Crippen molar-refractivity contribution in [2.24, 2.45) is 17.4 Å². The molecular weight excluding hydrogens is 240 g/mol. The fourth-order valence-corrected chi connectivity index (χ4v) is 2.76. The molecule has 5 nitrogen and oxygen atoms in total. The summed E-state index contributed by atoms with van der Waals surface area (Å²) in [5.74, 6) is 0.836. The van der Waals surface area contributed by atoms with Crippen molar-refractivity contribution in [1.82, 2.24) is 4.98 Å². The largest absolute Gasteiger partial charge is 0.366 e. The van der Waals surface area contributed by atoms with Crippen molar-refractivity contribution in [3.05, 3.63) is 23.9 Å². The third-order valence-corrected chi connectivity index (χ3v) is 3.85. The molecule has 0 saturated heterocycles. The molecule has 5 N–H and O–H groups in total. The van der Waals surface area contributed by atoms with Gasteiger partial charge < -0.3 is 16.8 Å². The van der Waals surface area contributed by atoms with E-state index in [1.54, 1.807) is 18.3 Å². The van der Waals surface area contributed by atoms with Crippen molar-refractivity contribution in [2.45, 2.75) is 38.1 Å². The maximum atomic E-state index is 11.2. The van der Waals surface area contributed by atoms with Gasteiger partial charge in [0.05, 0.1) is 0 Å². The molecule has 104 valence electrons. The first-order chi connectivity index (χ1) is 9.20. The molecule has 1 fully saturated rings. The fraction of sp³-hybridized carbons (Fsp3) is 0.571. The van der Waals surface area contributed by atoms with Crippen molar-refractivity contribution >= 4 is 11.7 Å². The molecule has 1 aliphatic rings. The first kappa shape index (κ1) is 13.8. The molecule has 1 aromatic rings. The van der Waals surface area contributed by atoms with Crippen LogP contribution in [0, 0.1) is 5.92 Å². The maximum absolute atomic E-state index is 11.2. The summed E-state index contributed by atoms with van der Waals surface area (Å²) in [7, 11) is 0. The third-order valence-electron chi connectivity index (χ3n) is 3.85. The number of aromatic nitrogens is 1. The van der Waals surface area contributed by atoms with Gasteiger partial charge in [0.25, 0.3) is 0 Å². The lowest BCUT2D eigenvalue weighted by Crippen LogP contribution is -2.37. The number of carbonyl (C=O) groups is 1. The van der Waals surface area contributed by atoms with E-state index in [4.69, 9.17) is 11.5 Å². The van der Waals surface area contributed by atoms with Crippen molar-refractivity contribution in [1.29, 1.82) is 0 Å². The Morgan fingerprint density at radius 3 is 2.79 bits per heavy atom. The van der Waals surface area contributed by atoms with Crippen LogP contribution in [0.3, 0.4) is 0 Å². The highest BCUT2D eigenvalue weighted by molar-refractivity contribution is 5.93. The summed E-state index contributed by atoms with van der Waals surface area (Å²) in [6.45, 7) is 0.577. The molecule has 1 aliphatic carbocycles. The van der Waals surface area contributed by atoms with E-state index < -0.39 is 5.91 Å². The monoisotopic (exact) mass is 262 g/mol. The molecule has 1 atom stereocenters. The van der Waals surface area contributed by atoms with Crippen LogP contribution in [0.15, 0.2) is 18.3 Å². The van der Waals surface area contributed by atoms with Gasteiger partial charge in [0, 0.05) is 24.3 Å². The maximum Gasteiger partial charge on any atom is 0.248 e. The molecule has 2 rings (SSSR count). The zero-order valence-electron chi connectivity index (χ0n) is 11.1. The van der Waals surface area contributed by atoms with Crippen LogP contribution in [0.4, 0.5) is 5.82 Å². The van der Waals surface area contributed by atoms with Gasteiger partial charge in [0.2, 0.25) is 5.91 Å². The molecule has 1 amide bonds. The third kappa shape index (κ3) is 3.67. The van der Waals surface area contributed by atoms with E-state index in [-0.39, 0.29) is 6.04 Å². The van der Waals surface area contributed by atoms with Crippen LogP contribution in [0.25, 0.3) is 0 Å².